The highest BCUT2D eigenvalue weighted by Gasteiger charge is 2.26. The van der Waals surface area contributed by atoms with Gasteiger partial charge in [0.15, 0.2) is 0 Å². The van der Waals surface area contributed by atoms with Gasteiger partial charge in [-0.2, -0.15) is 0 Å². The summed E-state index contributed by atoms with van der Waals surface area (Å²) >= 11 is 3.41. The Morgan fingerprint density at radius 1 is 1.65 bits per heavy atom. The Balaban J connectivity index is 2.19. The van der Waals surface area contributed by atoms with Crippen LogP contribution in [0.15, 0.2) is 16.7 Å². The monoisotopic (exact) mass is 299 g/mol. The first-order valence-corrected chi connectivity index (χ1v) is 6.26. The van der Waals surface area contributed by atoms with Crippen molar-refractivity contribution >= 4 is 33.4 Å². The Kier molecular flexibility index (Phi) is 3.51. The van der Waals surface area contributed by atoms with E-state index in [1.807, 2.05) is 4.90 Å². The molecule has 0 radical (unpaired) electrons. The SMILES string of the molecule is Nc1cnc(N2CCCC(C(=O)O)C2)c(Br)c1. The Morgan fingerprint density at radius 2 is 2.41 bits per heavy atom. The number of aliphatic carboxylic acids is 1. The molecule has 1 unspecified atom stereocenters. The van der Waals surface area contributed by atoms with Gasteiger partial charge in [0.1, 0.15) is 5.82 Å². The number of halogens is 1. The maximum absolute atomic E-state index is 11.0. The number of carboxylic acids is 1. The van der Waals surface area contributed by atoms with Crippen LogP contribution in [0, 0.1) is 5.92 Å². The van der Waals surface area contributed by atoms with Gasteiger partial charge in [-0.15, -0.1) is 0 Å². The minimum atomic E-state index is -0.735. The molecule has 5 nitrogen and oxygen atoms in total. The van der Waals surface area contributed by atoms with Crippen LogP contribution in [0.4, 0.5) is 11.5 Å². The fourth-order valence-corrected chi connectivity index (χ4v) is 2.67. The molecule has 0 aromatic carbocycles. The largest absolute Gasteiger partial charge is 0.481 e. The highest BCUT2D eigenvalue weighted by atomic mass is 79.9. The van der Waals surface area contributed by atoms with Crippen molar-refractivity contribution in [3.8, 4) is 0 Å². The second-order valence-corrected chi connectivity index (χ2v) is 5.05. The van der Waals surface area contributed by atoms with Crippen LogP contribution in [0.2, 0.25) is 0 Å². The number of piperidine rings is 1. The van der Waals surface area contributed by atoms with E-state index in [9.17, 15) is 4.79 Å². The van der Waals surface area contributed by atoms with Crippen molar-refractivity contribution in [2.45, 2.75) is 12.8 Å². The van der Waals surface area contributed by atoms with E-state index in [-0.39, 0.29) is 5.92 Å². The Hall–Kier alpha value is -1.30. The van der Waals surface area contributed by atoms with Crippen LogP contribution in [0.25, 0.3) is 0 Å². The van der Waals surface area contributed by atoms with Crippen molar-refractivity contribution in [3.05, 3.63) is 16.7 Å². The van der Waals surface area contributed by atoms with E-state index in [1.54, 1.807) is 12.3 Å². The maximum atomic E-state index is 11.0. The number of hydrogen-bond donors (Lipinski definition) is 2. The van der Waals surface area contributed by atoms with Crippen molar-refractivity contribution < 1.29 is 9.90 Å². The normalized spacial score (nSPS) is 20.3. The van der Waals surface area contributed by atoms with E-state index in [1.165, 1.54) is 0 Å². The molecule has 1 aromatic rings. The molecule has 17 heavy (non-hydrogen) atoms. The number of hydrogen-bond acceptors (Lipinski definition) is 4. The minimum Gasteiger partial charge on any atom is -0.481 e. The third kappa shape index (κ3) is 2.69. The number of nitrogens with two attached hydrogens (primary N) is 1. The molecule has 0 spiro atoms. The van der Waals surface area contributed by atoms with Gasteiger partial charge in [-0.05, 0) is 34.8 Å². The van der Waals surface area contributed by atoms with Crippen molar-refractivity contribution in [1.29, 1.82) is 0 Å². The van der Waals surface area contributed by atoms with E-state index in [2.05, 4.69) is 20.9 Å². The van der Waals surface area contributed by atoms with Crippen molar-refractivity contribution in [3.63, 3.8) is 0 Å². The van der Waals surface area contributed by atoms with Gasteiger partial charge in [-0.3, -0.25) is 4.79 Å². The molecule has 2 rings (SSSR count). The van der Waals surface area contributed by atoms with Crippen LogP contribution >= 0.6 is 15.9 Å². The quantitative estimate of drug-likeness (QED) is 0.869. The van der Waals surface area contributed by atoms with Gasteiger partial charge in [0.2, 0.25) is 0 Å². The lowest BCUT2D eigenvalue weighted by Crippen LogP contribution is -2.39. The second-order valence-electron chi connectivity index (χ2n) is 4.20. The first-order chi connectivity index (χ1) is 8.08. The zero-order chi connectivity index (χ0) is 12.4. The molecule has 1 aliphatic heterocycles. The number of anilines is 2. The fraction of sp³-hybridized carbons (Fsp3) is 0.455. The second kappa shape index (κ2) is 4.91. The molecule has 0 amide bonds. The van der Waals surface area contributed by atoms with Gasteiger partial charge in [0.05, 0.1) is 22.3 Å². The van der Waals surface area contributed by atoms with Crippen molar-refractivity contribution in [1.82, 2.24) is 4.98 Å². The molecule has 1 saturated heterocycles. The highest BCUT2D eigenvalue weighted by Crippen LogP contribution is 2.29. The van der Waals surface area contributed by atoms with Crippen LogP contribution < -0.4 is 10.6 Å². The van der Waals surface area contributed by atoms with Crippen LogP contribution in [-0.2, 0) is 4.79 Å². The number of pyridine rings is 1. The molecular weight excluding hydrogens is 286 g/mol. The summed E-state index contributed by atoms with van der Waals surface area (Å²) < 4.78 is 0.809. The average Bonchev–Trinajstić information content (AvgIpc) is 2.29. The zero-order valence-corrected chi connectivity index (χ0v) is 10.9. The van der Waals surface area contributed by atoms with Gasteiger partial charge >= 0.3 is 5.97 Å². The first-order valence-electron chi connectivity index (χ1n) is 5.46. The van der Waals surface area contributed by atoms with E-state index in [0.717, 1.165) is 29.7 Å². The lowest BCUT2D eigenvalue weighted by Gasteiger charge is -2.32. The molecule has 0 bridgehead atoms. The number of nitrogens with zero attached hydrogens (tertiary/aromatic N) is 2. The lowest BCUT2D eigenvalue weighted by molar-refractivity contribution is -0.141. The minimum absolute atomic E-state index is 0.310. The summed E-state index contributed by atoms with van der Waals surface area (Å²) in [5, 5.41) is 9.04. The number of aromatic nitrogens is 1. The standard InChI is InChI=1S/C11H14BrN3O2/c12-9-4-8(13)5-14-10(9)15-3-1-2-7(6-15)11(16)17/h4-5,7H,1-3,6,13H2,(H,16,17). The zero-order valence-electron chi connectivity index (χ0n) is 9.27. The maximum Gasteiger partial charge on any atom is 0.308 e. The van der Waals surface area contributed by atoms with E-state index in [0.29, 0.717) is 12.2 Å². The van der Waals surface area contributed by atoms with Crippen molar-refractivity contribution in [2.75, 3.05) is 23.7 Å². The first kappa shape index (κ1) is 12.2. The smallest absolute Gasteiger partial charge is 0.308 e. The number of carboxylic acid groups (broad SMARTS) is 1. The van der Waals surface area contributed by atoms with Crippen LogP contribution in [0.1, 0.15) is 12.8 Å². The van der Waals surface area contributed by atoms with Crippen LogP contribution in [0.5, 0.6) is 0 Å². The van der Waals surface area contributed by atoms with Gasteiger partial charge in [0.25, 0.3) is 0 Å². The third-order valence-corrected chi connectivity index (χ3v) is 3.50. The summed E-state index contributed by atoms with van der Waals surface area (Å²) in [6.07, 6.45) is 3.19. The Morgan fingerprint density at radius 3 is 3.06 bits per heavy atom. The predicted molar refractivity (Wildman–Crippen MR) is 68.9 cm³/mol. The number of carbonyl (C=O) groups is 1. The molecule has 0 aliphatic carbocycles. The van der Waals surface area contributed by atoms with Gasteiger partial charge in [-0.1, -0.05) is 0 Å². The highest BCUT2D eigenvalue weighted by molar-refractivity contribution is 9.10. The molecule has 1 fully saturated rings. The molecule has 92 valence electrons. The summed E-state index contributed by atoms with van der Waals surface area (Å²) in [6.45, 7) is 1.34. The van der Waals surface area contributed by atoms with E-state index >= 15 is 0 Å². The topological polar surface area (TPSA) is 79.5 Å². The van der Waals surface area contributed by atoms with E-state index in [4.69, 9.17) is 10.8 Å². The number of rotatable bonds is 2. The molecule has 0 saturated carbocycles. The molecule has 1 atom stereocenters. The Labute approximate surface area is 108 Å². The molecule has 3 N–H and O–H groups in total. The average molecular weight is 300 g/mol. The van der Waals surface area contributed by atoms with Gasteiger partial charge in [-0.25, -0.2) is 4.98 Å². The molecule has 6 heteroatoms. The van der Waals surface area contributed by atoms with Gasteiger partial charge in [0, 0.05) is 13.1 Å². The summed E-state index contributed by atoms with van der Waals surface area (Å²) in [4.78, 5) is 17.2. The molecule has 1 aromatic heterocycles. The van der Waals surface area contributed by atoms with Crippen molar-refractivity contribution in [2.24, 2.45) is 5.92 Å². The van der Waals surface area contributed by atoms with E-state index < -0.39 is 5.97 Å². The summed E-state index contributed by atoms with van der Waals surface area (Å²) in [7, 11) is 0. The fourth-order valence-electron chi connectivity index (χ4n) is 2.05. The lowest BCUT2D eigenvalue weighted by atomic mass is 9.98. The van der Waals surface area contributed by atoms with Crippen LogP contribution in [0.3, 0.4) is 0 Å². The number of nitrogen functional groups attached to an aromatic ring is 1. The summed E-state index contributed by atoms with van der Waals surface area (Å²) in [6, 6.07) is 1.78. The Bertz CT molecular complexity index is 439. The summed E-state index contributed by atoms with van der Waals surface area (Å²) in [5.41, 5.74) is 6.22. The third-order valence-electron chi connectivity index (χ3n) is 2.91. The molecule has 1 aliphatic rings. The molecular formula is C11H14BrN3O2. The predicted octanol–water partition coefficient (Wildman–Crippen LogP) is 1.73. The summed E-state index contributed by atoms with van der Waals surface area (Å²) in [5.74, 6) is -0.276. The molecule has 2 heterocycles. The van der Waals surface area contributed by atoms with Gasteiger partial charge < -0.3 is 15.7 Å². The van der Waals surface area contributed by atoms with Crippen LogP contribution in [-0.4, -0.2) is 29.1 Å².